The summed E-state index contributed by atoms with van der Waals surface area (Å²) in [4.78, 5) is 0. The first kappa shape index (κ1) is 16.3. The van der Waals surface area contributed by atoms with Crippen molar-refractivity contribution in [3.8, 4) is 5.75 Å². The zero-order valence-corrected chi connectivity index (χ0v) is 13.5. The fourth-order valence-corrected chi connectivity index (χ4v) is 2.82. The van der Waals surface area contributed by atoms with Gasteiger partial charge in [0, 0.05) is 10.6 Å². The molecule has 0 radical (unpaired) electrons. The molecule has 1 aromatic carbocycles. The molecular formula is C16H26ClNO. The van der Waals surface area contributed by atoms with Gasteiger partial charge in [-0.2, -0.15) is 0 Å². The van der Waals surface area contributed by atoms with Gasteiger partial charge in [-0.1, -0.05) is 25.4 Å². The standard InChI is InChI=1S/C16H26ClNO/c1-6-19-16-11(3)9-14(17)13(5)15(16)12(4)10(2)7-8-18/h9-10,12H,6-8,18H2,1-5H3. The minimum Gasteiger partial charge on any atom is -0.493 e. The van der Waals surface area contributed by atoms with Gasteiger partial charge in [0.25, 0.3) is 0 Å². The molecule has 1 aromatic rings. The lowest BCUT2D eigenvalue weighted by Gasteiger charge is -2.26. The van der Waals surface area contributed by atoms with Crippen LogP contribution >= 0.6 is 11.6 Å². The van der Waals surface area contributed by atoms with E-state index in [1.54, 1.807) is 0 Å². The summed E-state index contributed by atoms with van der Waals surface area (Å²) in [5.74, 6) is 1.91. The zero-order chi connectivity index (χ0) is 14.6. The third-order valence-corrected chi connectivity index (χ3v) is 4.32. The average Bonchev–Trinajstić information content (AvgIpc) is 2.36. The third kappa shape index (κ3) is 3.64. The quantitative estimate of drug-likeness (QED) is 0.837. The van der Waals surface area contributed by atoms with Crippen molar-refractivity contribution in [2.24, 2.45) is 11.7 Å². The Kier molecular flexibility index (Phi) is 6.15. The fraction of sp³-hybridized carbons (Fsp3) is 0.625. The molecule has 0 aromatic heterocycles. The maximum atomic E-state index is 6.34. The molecule has 1 rings (SSSR count). The van der Waals surface area contributed by atoms with Crippen molar-refractivity contribution >= 4 is 11.6 Å². The van der Waals surface area contributed by atoms with Crippen molar-refractivity contribution in [2.75, 3.05) is 13.2 Å². The summed E-state index contributed by atoms with van der Waals surface area (Å²) in [6.45, 7) is 12.0. The molecule has 108 valence electrons. The van der Waals surface area contributed by atoms with Crippen molar-refractivity contribution in [1.82, 2.24) is 0 Å². The van der Waals surface area contributed by atoms with Gasteiger partial charge < -0.3 is 10.5 Å². The Balaban J connectivity index is 3.29. The van der Waals surface area contributed by atoms with Gasteiger partial charge >= 0.3 is 0 Å². The Morgan fingerprint density at radius 2 is 1.95 bits per heavy atom. The second-order valence-corrected chi connectivity index (χ2v) is 5.73. The summed E-state index contributed by atoms with van der Waals surface area (Å²) >= 11 is 6.34. The van der Waals surface area contributed by atoms with Crippen LogP contribution in [0.5, 0.6) is 5.75 Å². The lowest BCUT2D eigenvalue weighted by molar-refractivity contribution is 0.326. The molecule has 0 aliphatic rings. The van der Waals surface area contributed by atoms with Crippen molar-refractivity contribution in [3.63, 3.8) is 0 Å². The zero-order valence-electron chi connectivity index (χ0n) is 12.7. The van der Waals surface area contributed by atoms with E-state index in [1.807, 2.05) is 13.0 Å². The van der Waals surface area contributed by atoms with Crippen LogP contribution in [0.2, 0.25) is 5.02 Å². The highest BCUT2D eigenvalue weighted by Gasteiger charge is 2.23. The molecule has 0 fully saturated rings. The van der Waals surface area contributed by atoms with Crippen LogP contribution in [0.3, 0.4) is 0 Å². The molecule has 0 aliphatic carbocycles. The number of rotatable bonds is 6. The van der Waals surface area contributed by atoms with E-state index in [1.165, 1.54) is 5.56 Å². The van der Waals surface area contributed by atoms with Gasteiger partial charge in [0.05, 0.1) is 6.61 Å². The van der Waals surface area contributed by atoms with Crippen molar-refractivity contribution in [2.45, 2.75) is 47.0 Å². The molecule has 19 heavy (non-hydrogen) atoms. The van der Waals surface area contributed by atoms with Crippen molar-refractivity contribution < 1.29 is 4.74 Å². The number of halogens is 1. The van der Waals surface area contributed by atoms with Crippen LogP contribution in [-0.4, -0.2) is 13.2 Å². The van der Waals surface area contributed by atoms with E-state index in [0.717, 1.165) is 28.3 Å². The topological polar surface area (TPSA) is 35.2 Å². The summed E-state index contributed by atoms with van der Waals surface area (Å²) in [6, 6.07) is 1.99. The van der Waals surface area contributed by atoms with Gasteiger partial charge in [-0.05, 0) is 62.8 Å². The van der Waals surface area contributed by atoms with Gasteiger partial charge in [-0.25, -0.2) is 0 Å². The minimum absolute atomic E-state index is 0.391. The van der Waals surface area contributed by atoms with E-state index in [9.17, 15) is 0 Å². The molecule has 2 nitrogen and oxygen atoms in total. The van der Waals surface area contributed by atoms with Gasteiger partial charge in [-0.15, -0.1) is 0 Å². The first-order valence-electron chi connectivity index (χ1n) is 7.06. The maximum absolute atomic E-state index is 6.34. The van der Waals surface area contributed by atoms with Crippen LogP contribution < -0.4 is 10.5 Å². The lowest BCUT2D eigenvalue weighted by atomic mass is 9.83. The summed E-state index contributed by atoms with van der Waals surface area (Å²) in [6.07, 6.45) is 1.01. The Morgan fingerprint density at radius 1 is 1.32 bits per heavy atom. The molecule has 0 bridgehead atoms. The second kappa shape index (κ2) is 7.16. The molecule has 3 heteroatoms. The van der Waals surface area contributed by atoms with Crippen LogP contribution in [0.15, 0.2) is 6.07 Å². The molecule has 0 saturated heterocycles. The molecular weight excluding hydrogens is 258 g/mol. The van der Waals surface area contributed by atoms with Gasteiger partial charge in [-0.3, -0.25) is 0 Å². The lowest BCUT2D eigenvalue weighted by Crippen LogP contribution is -2.15. The van der Waals surface area contributed by atoms with Crippen LogP contribution in [-0.2, 0) is 0 Å². The van der Waals surface area contributed by atoms with Gasteiger partial charge in [0.2, 0.25) is 0 Å². The van der Waals surface area contributed by atoms with Gasteiger partial charge in [0.1, 0.15) is 5.75 Å². The monoisotopic (exact) mass is 283 g/mol. The van der Waals surface area contributed by atoms with Crippen LogP contribution in [0.4, 0.5) is 0 Å². The van der Waals surface area contributed by atoms with Crippen LogP contribution in [0, 0.1) is 19.8 Å². The highest BCUT2D eigenvalue weighted by atomic mass is 35.5. The SMILES string of the molecule is CCOc1c(C)cc(Cl)c(C)c1C(C)C(C)CCN. The minimum atomic E-state index is 0.391. The number of nitrogens with two attached hydrogens (primary N) is 1. The third-order valence-electron chi connectivity index (χ3n) is 3.93. The molecule has 2 atom stereocenters. The molecule has 2 unspecified atom stereocenters. The highest BCUT2D eigenvalue weighted by Crippen LogP contribution is 2.40. The largest absolute Gasteiger partial charge is 0.493 e. The summed E-state index contributed by atoms with van der Waals surface area (Å²) in [5.41, 5.74) is 9.17. The molecule has 0 amide bonds. The van der Waals surface area contributed by atoms with E-state index in [4.69, 9.17) is 22.1 Å². The normalized spacial score (nSPS) is 14.3. The van der Waals surface area contributed by atoms with Crippen LogP contribution in [0.25, 0.3) is 0 Å². The van der Waals surface area contributed by atoms with E-state index in [-0.39, 0.29) is 0 Å². The van der Waals surface area contributed by atoms with E-state index >= 15 is 0 Å². The first-order chi connectivity index (χ1) is 8.93. The predicted molar refractivity (Wildman–Crippen MR) is 83.3 cm³/mol. The molecule has 0 saturated carbocycles. The van der Waals surface area contributed by atoms with E-state index in [2.05, 4.69) is 27.7 Å². The number of ether oxygens (including phenoxy) is 1. The highest BCUT2D eigenvalue weighted by molar-refractivity contribution is 6.31. The Bertz CT molecular complexity index is 431. The summed E-state index contributed by atoms with van der Waals surface area (Å²) in [7, 11) is 0. The number of aryl methyl sites for hydroxylation is 1. The summed E-state index contributed by atoms with van der Waals surface area (Å²) < 4.78 is 5.86. The maximum Gasteiger partial charge on any atom is 0.126 e. The number of hydrogen-bond donors (Lipinski definition) is 1. The Labute approximate surface area is 122 Å². The smallest absolute Gasteiger partial charge is 0.126 e. The van der Waals surface area contributed by atoms with E-state index < -0.39 is 0 Å². The molecule has 2 N–H and O–H groups in total. The van der Waals surface area contributed by atoms with Crippen molar-refractivity contribution in [3.05, 3.63) is 27.8 Å². The predicted octanol–water partition coefficient (Wildman–Crippen LogP) is 4.44. The second-order valence-electron chi connectivity index (χ2n) is 5.32. The molecule has 0 aliphatic heterocycles. The number of hydrogen-bond acceptors (Lipinski definition) is 2. The fourth-order valence-electron chi connectivity index (χ4n) is 2.56. The average molecular weight is 284 g/mol. The van der Waals surface area contributed by atoms with Crippen LogP contribution in [0.1, 0.15) is 49.8 Å². The Morgan fingerprint density at radius 3 is 2.47 bits per heavy atom. The summed E-state index contributed by atoms with van der Waals surface area (Å²) in [5, 5.41) is 0.822. The van der Waals surface area contributed by atoms with Crippen molar-refractivity contribution in [1.29, 1.82) is 0 Å². The molecule has 0 heterocycles. The first-order valence-corrected chi connectivity index (χ1v) is 7.44. The molecule has 0 spiro atoms. The van der Waals surface area contributed by atoms with E-state index in [0.29, 0.717) is 25.0 Å². The Hall–Kier alpha value is -0.730. The van der Waals surface area contributed by atoms with Gasteiger partial charge in [0.15, 0.2) is 0 Å². The number of benzene rings is 1.